The summed E-state index contributed by atoms with van der Waals surface area (Å²) in [6.45, 7) is 2.11. The lowest BCUT2D eigenvalue weighted by Crippen LogP contribution is -2.49. The molecule has 4 aromatic rings. The first-order valence-electron chi connectivity index (χ1n) is 13.2. The zero-order valence-electron chi connectivity index (χ0n) is 21.6. The molecule has 1 fully saturated rings. The van der Waals surface area contributed by atoms with Crippen LogP contribution in [-0.4, -0.2) is 34.2 Å². The molecule has 6 rings (SSSR count). The number of anilines is 1. The average Bonchev–Trinajstić information content (AvgIpc) is 3.36. The second-order valence-electron chi connectivity index (χ2n) is 10.2. The Balaban J connectivity index is 1.27. The van der Waals surface area contributed by atoms with Crippen molar-refractivity contribution >= 4 is 5.69 Å². The van der Waals surface area contributed by atoms with Crippen LogP contribution < -0.4 is 15.2 Å². The van der Waals surface area contributed by atoms with Gasteiger partial charge in [0.25, 0.3) is 0 Å². The molecular weight excluding hydrogens is 488 g/mol. The Morgan fingerprint density at radius 1 is 1.03 bits per heavy atom. The summed E-state index contributed by atoms with van der Waals surface area (Å²) in [5.74, 6) is 1.25. The Labute approximate surface area is 228 Å². The molecule has 1 aliphatic carbocycles. The van der Waals surface area contributed by atoms with Gasteiger partial charge >= 0.3 is 0 Å². The van der Waals surface area contributed by atoms with Gasteiger partial charge in [-0.1, -0.05) is 48.5 Å². The molecule has 1 atom stereocenters. The first-order chi connectivity index (χ1) is 19.1. The summed E-state index contributed by atoms with van der Waals surface area (Å²) in [6.07, 6.45) is 4.63. The van der Waals surface area contributed by atoms with Crippen molar-refractivity contribution in [3.63, 3.8) is 0 Å². The van der Waals surface area contributed by atoms with Gasteiger partial charge in [-0.25, -0.2) is 0 Å². The van der Waals surface area contributed by atoms with E-state index < -0.39 is 0 Å². The number of aliphatic hydroxyl groups is 1. The first kappa shape index (κ1) is 24.9. The standard InChI is InChI=1S/C32H30N4O3/c33-14-21-11-22(16-35-15-21)20-38-31-13-32(29(34)12-24(31)17-36-18-25(37)19-36)39-30-10-9-27-26(7-4-8-28(27)30)23-5-2-1-3-6-23/h1-8,11-13,15-16,25,30,37H,9-10,17-20,34H2. The number of benzene rings is 3. The monoisotopic (exact) mass is 518 g/mol. The third-order valence-electron chi connectivity index (χ3n) is 7.41. The molecule has 196 valence electrons. The van der Waals surface area contributed by atoms with Gasteiger partial charge in [0.05, 0.1) is 17.4 Å². The lowest BCUT2D eigenvalue weighted by Gasteiger charge is -2.36. The molecule has 0 radical (unpaired) electrons. The van der Waals surface area contributed by atoms with Crippen LogP contribution in [0.25, 0.3) is 11.1 Å². The predicted octanol–water partition coefficient (Wildman–Crippen LogP) is 5.02. The number of nitrogens with zero attached hydrogens (tertiary/aromatic N) is 3. The van der Waals surface area contributed by atoms with Crippen LogP contribution in [0.2, 0.25) is 0 Å². The van der Waals surface area contributed by atoms with E-state index in [4.69, 9.17) is 15.2 Å². The van der Waals surface area contributed by atoms with Crippen molar-refractivity contribution in [3.8, 4) is 28.7 Å². The van der Waals surface area contributed by atoms with Crippen LogP contribution in [-0.2, 0) is 19.6 Å². The molecule has 1 unspecified atom stereocenters. The molecule has 3 aromatic carbocycles. The lowest BCUT2D eigenvalue weighted by molar-refractivity contribution is -0.00333. The van der Waals surface area contributed by atoms with Crippen LogP contribution in [0.5, 0.6) is 11.5 Å². The summed E-state index contributed by atoms with van der Waals surface area (Å²) in [4.78, 5) is 6.28. The second kappa shape index (κ2) is 10.8. The van der Waals surface area contributed by atoms with E-state index in [-0.39, 0.29) is 18.8 Å². The van der Waals surface area contributed by atoms with Crippen molar-refractivity contribution in [1.29, 1.82) is 5.26 Å². The summed E-state index contributed by atoms with van der Waals surface area (Å²) in [5, 5.41) is 19.0. The van der Waals surface area contributed by atoms with E-state index in [9.17, 15) is 10.4 Å². The molecule has 3 N–H and O–H groups in total. The van der Waals surface area contributed by atoms with E-state index in [1.54, 1.807) is 12.3 Å². The quantitative estimate of drug-likeness (QED) is 0.316. The molecule has 7 nitrogen and oxygen atoms in total. The Kier molecular flexibility index (Phi) is 6.89. The van der Waals surface area contributed by atoms with Crippen LogP contribution in [0.4, 0.5) is 5.69 Å². The van der Waals surface area contributed by atoms with Crippen LogP contribution in [0.1, 0.15) is 40.3 Å². The van der Waals surface area contributed by atoms with Gasteiger partial charge in [-0.2, -0.15) is 5.26 Å². The number of nitriles is 1. The van der Waals surface area contributed by atoms with E-state index in [2.05, 4.69) is 58.4 Å². The Morgan fingerprint density at radius 3 is 2.67 bits per heavy atom. The Hall–Kier alpha value is -4.38. The molecule has 1 saturated heterocycles. The maximum Gasteiger partial charge on any atom is 0.146 e. The molecule has 2 aliphatic rings. The molecule has 39 heavy (non-hydrogen) atoms. The van der Waals surface area contributed by atoms with Gasteiger partial charge in [-0.3, -0.25) is 9.88 Å². The van der Waals surface area contributed by atoms with Crippen molar-refractivity contribution in [1.82, 2.24) is 9.88 Å². The maximum atomic E-state index is 9.75. The van der Waals surface area contributed by atoms with Gasteiger partial charge < -0.3 is 20.3 Å². The molecule has 0 spiro atoms. The van der Waals surface area contributed by atoms with Gasteiger partial charge in [-0.15, -0.1) is 0 Å². The highest BCUT2D eigenvalue weighted by atomic mass is 16.5. The van der Waals surface area contributed by atoms with E-state index >= 15 is 0 Å². The number of β-amino-alcohol motifs (C(OH)–C–C–N with tert-alkyl or cyclic N) is 1. The molecule has 0 bridgehead atoms. The second-order valence-corrected chi connectivity index (χ2v) is 10.2. The van der Waals surface area contributed by atoms with Gasteiger partial charge in [0.1, 0.15) is 30.3 Å². The summed E-state index contributed by atoms with van der Waals surface area (Å²) >= 11 is 0. The predicted molar refractivity (Wildman–Crippen MR) is 149 cm³/mol. The van der Waals surface area contributed by atoms with E-state index in [0.717, 1.165) is 24.0 Å². The van der Waals surface area contributed by atoms with E-state index in [1.807, 2.05) is 18.2 Å². The SMILES string of the molecule is N#Cc1cncc(COc2cc(OC3CCc4c(-c5ccccc5)cccc43)c(N)cc2CN2CC(O)C2)c1. The van der Waals surface area contributed by atoms with Crippen molar-refractivity contribution in [3.05, 3.63) is 107 Å². The van der Waals surface area contributed by atoms with Gasteiger partial charge in [0.2, 0.25) is 0 Å². The minimum atomic E-state index is -0.294. The summed E-state index contributed by atoms with van der Waals surface area (Å²) in [6, 6.07) is 24.5. The van der Waals surface area contributed by atoms with Crippen molar-refractivity contribution in [2.24, 2.45) is 0 Å². The number of hydrogen-bond acceptors (Lipinski definition) is 7. The molecule has 0 saturated carbocycles. The van der Waals surface area contributed by atoms with Crippen LogP contribution in [0, 0.1) is 11.3 Å². The Bertz CT molecular complexity index is 1530. The van der Waals surface area contributed by atoms with Crippen molar-refractivity contribution < 1.29 is 14.6 Å². The highest BCUT2D eigenvalue weighted by molar-refractivity contribution is 5.70. The fraction of sp³-hybridized carbons (Fsp3) is 0.250. The van der Waals surface area contributed by atoms with Gasteiger partial charge in [-0.05, 0) is 47.2 Å². The maximum absolute atomic E-state index is 9.75. The number of nitrogen functional groups attached to an aromatic ring is 1. The van der Waals surface area contributed by atoms with Crippen LogP contribution in [0.3, 0.4) is 0 Å². The third kappa shape index (κ3) is 5.30. The summed E-state index contributed by atoms with van der Waals surface area (Å²) < 4.78 is 12.8. The molecule has 7 heteroatoms. The van der Waals surface area contributed by atoms with Gasteiger partial charge in [0.15, 0.2) is 0 Å². The minimum Gasteiger partial charge on any atom is -0.488 e. The molecule has 2 heterocycles. The zero-order chi connectivity index (χ0) is 26.8. The van der Waals surface area contributed by atoms with Gasteiger partial charge in [0, 0.05) is 49.2 Å². The van der Waals surface area contributed by atoms with E-state index in [0.29, 0.717) is 42.4 Å². The zero-order valence-corrected chi connectivity index (χ0v) is 21.6. The number of pyridine rings is 1. The molecule has 0 amide bonds. The van der Waals surface area contributed by atoms with Crippen LogP contribution in [0.15, 0.2) is 79.1 Å². The highest BCUT2D eigenvalue weighted by Crippen LogP contribution is 2.42. The lowest BCUT2D eigenvalue weighted by atomic mass is 9.97. The number of rotatable bonds is 8. The number of aliphatic hydroxyl groups excluding tert-OH is 1. The smallest absolute Gasteiger partial charge is 0.146 e. The molecular formula is C32H30N4O3. The van der Waals surface area contributed by atoms with Crippen LogP contribution >= 0.6 is 0 Å². The van der Waals surface area contributed by atoms with Crippen molar-refractivity contribution in [2.45, 2.75) is 38.2 Å². The topological polar surface area (TPSA) is 105 Å². The fourth-order valence-corrected chi connectivity index (χ4v) is 5.47. The number of hydrogen-bond donors (Lipinski definition) is 2. The van der Waals surface area contributed by atoms with E-state index in [1.165, 1.54) is 28.5 Å². The van der Waals surface area contributed by atoms with Crippen molar-refractivity contribution in [2.75, 3.05) is 18.8 Å². The number of fused-ring (bicyclic) bond motifs is 1. The molecule has 1 aliphatic heterocycles. The third-order valence-corrected chi connectivity index (χ3v) is 7.41. The fourth-order valence-electron chi connectivity index (χ4n) is 5.47. The molecule has 1 aromatic heterocycles. The summed E-state index contributed by atoms with van der Waals surface area (Å²) in [5.41, 5.74) is 14.3. The number of ether oxygens (including phenoxy) is 2. The summed E-state index contributed by atoms with van der Waals surface area (Å²) in [7, 11) is 0. The average molecular weight is 519 g/mol. The first-order valence-corrected chi connectivity index (χ1v) is 13.2. The number of aromatic nitrogens is 1. The minimum absolute atomic E-state index is 0.105. The highest BCUT2D eigenvalue weighted by Gasteiger charge is 2.29. The normalized spacial score (nSPS) is 16.8. The largest absolute Gasteiger partial charge is 0.488 e. The number of nitrogens with two attached hydrogens (primary N) is 1. The Morgan fingerprint density at radius 2 is 1.87 bits per heavy atom. The number of likely N-dealkylation sites (tertiary alicyclic amines) is 1.